The Bertz CT molecular complexity index is 578. The third kappa shape index (κ3) is 3.59. The van der Waals surface area contributed by atoms with Crippen molar-refractivity contribution in [1.29, 1.82) is 0 Å². The molecule has 2 rings (SSSR count). The third-order valence-electron chi connectivity index (χ3n) is 3.31. The molecule has 19 heavy (non-hydrogen) atoms. The summed E-state index contributed by atoms with van der Waals surface area (Å²) in [5.74, 6) is 0. The van der Waals surface area contributed by atoms with Crippen molar-refractivity contribution in [3.8, 4) is 0 Å². The summed E-state index contributed by atoms with van der Waals surface area (Å²) in [5.41, 5.74) is 4.18. The quantitative estimate of drug-likeness (QED) is 0.834. The molecule has 0 spiro atoms. The van der Waals surface area contributed by atoms with Crippen LogP contribution in [0.2, 0.25) is 5.02 Å². The highest BCUT2D eigenvalue weighted by Gasteiger charge is 2.13. The van der Waals surface area contributed by atoms with Crippen LogP contribution < -0.4 is 0 Å². The van der Waals surface area contributed by atoms with E-state index in [1.807, 2.05) is 50.2 Å². The first-order chi connectivity index (χ1) is 8.97. The number of aliphatic hydroxyl groups is 1. The second-order valence-corrected chi connectivity index (χ2v) is 6.13. The second-order valence-electron chi connectivity index (χ2n) is 4.80. The minimum Gasteiger partial charge on any atom is -0.388 e. The number of halogens is 2. The first kappa shape index (κ1) is 14.6. The van der Waals surface area contributed by atoms with Gasteiger partial charge in [0.1, 0.15) is 0 Å². The molecule has 2 aromatic rings. The molecule has 0 aliphatic carbocycles. The lowest BCUT2D eigenvalue weighted by Crippen LogP contribution is -2.03. The predicted octanol–water partition coefficient (Wildman–Crippen LogP) is 5.00. The van der Waals surface area contributed by atoms with E-state index in [1.54, 1.807) is 0 Å². The van der Waals surface area contributed by atoms with Crippen LogP contribution >= 0.6 is 27.5 Å². The van der Waals surface area contributed by atoms with Gasteiger partial charge in [0, 0.05) is 15.9 Å². The highest BCUT2D eigenvalue weighted by Crippen LogP contribution is 2.28. The van der Waals surface area contributed by atoms with Crippen molar-refractivity contribution in [2.75, 3.05) is 0 Å². The van der Waals surface area contributed by atoms with Crippen LogP contribution in [0.4, 0.5) is 0 Å². The number of aliphatic hydroxyl groups excluding tert-OH is 1. The number of rotatable bonds is 3. The molecule has 0 aliphatic heterocycles. The average molecular weight is 340 g/mol. The van der Waals surface area contributed by atoms with Crippen LogP contribution in [0.3, 0.4) is 0 Å². The van der Waals surface area contributed by atoms with Crippen molar-refractivity contribution in [3.63, 3.8) is 0 Å². The standard InChI is InChI=1S/C16H16BrClO/c1-10-7-14(15(18)8-11(10)2)16(19)9-12-3-5-13(17)6-4-12/h3-8,16,19H,9H2,1-2H3. The summed E-state index contributed by atoms with van der Waals surface area (Å²) in [4.78, 5) is 0. The largest absolute Gasteiger partial charge is 0.388 e. The zero-order chi connectivity index (χ0) is 14.0. The van der Waals surface area contributed by atoms with Gasteiger partial charge in [-0.3, -0.25) is 0 Å². The Morgan fingerprint density at radius 1 is 1.11 bits per heavy atom. The van der Waals surface area contributed by atoms with E-state index in [1.165, 1.54) is 0 Å². The average Bonchev–Trinajstić information content (AvgIpc) is 2.36. The maximum absolute atomic E-state index is 10.3. The number of benzene rings is 2. The Labute approximate surface area is 127 Å². The van der Waals surface area contributed by atoms with Crippen molar-refractivity contribution < 1.29 is 5.11 Å². The fraction of sp³-hybridized carbons (Fsp3) is 0.250. The summed E-state index contributed by atoms with van der Waals surface area (Å²) in [6.07, 6.45) is -0.0110. The predicted molar refractivity (Wildman–Crippen MR) is 83.7 cm³/mol. The van der Waals surface area contributed by atoms with Crippen LogP contribution in [0.5, 0.6) is 0 Å². The third-order valence-corrected chi connectivity index (χ3v) is 4.17. The molecule has 3 heteroatoms. The number of hydrogen-bond donors (Lipinski definition) is 1. The molecule has 0 aromatic heterocycles. The van der Waals surface area contributed by atoms with Gasteiger partial charge < -0.3 is 5.11 Å². The minimum atomic E-state index is -0.576. The number of hydrogen-bond acceptors (Lipinski definition) is 1. The van der Waals surface area contributed by atoms with E-state index in [0.717, 1.165) is 26.7 Å². The van der Waals surface area contributed by atoms with E-state index in [4.69, 9.17) is 11.6 Å². The molecule has 1 N–H and O–H groups in total. The molecular weight excluding hydrogens is 324 g/mol. The molecule has 2 aromatic carbocycles. The van der Waals surface area contributed by atoms with Crippen molar-refractivity contribution >= 4 is 27.5 Å². The summed E-state index contributed by atoms with van der Waals surface area (Å²) in [5, 5.41) is 11.0. The maximum atomic E-state index is 10.3. The van der Waals surface area contributed by atoms with Gasteiger partial charge in [-0.2, -0.15) is 0 Å². The van der Waals surface area contributed by atoms with Crippen molar-refractivity contribution in [2.45, 2.75) is 26.4 Å². The lowest BCUT2D eigenvalue weighted by Gasteiger charge is -2.15. The van der Waals surface area contributed by atoms with Gasteiger partial charge in [-0.05, 0) is 54.3 Å². The molecule has 100 valence electrons. The summed E-state index contributed by atoms with van der Waals surface area (Å²) >= 11 is 9.62. The van der Waals surface area contributed by atoms with Gasteiger partial charge in [-0.15, -0.1) is 0 Å². The summed E-state index contributed by atoms with van der Waals surface area (Å²) in [7, 11) is 0. The molecule has 0 saturated carbocycles. The molecular formula is C16H16BrClO. The SMILES string of the molecule is Cc1cc(Cl)c(C(O)Cc2ccc(Br)cc2)cc1C. The maximum Gasteiger partial charge on any atom is 0.0844 e. The molecule has 0 heterocycles. The Morgan fingerprint density at radius 3 is 2.32 bits per heavy atom. The molecule has 0 aliphatic rings. The van der Waals surface area contributed by atoms with Crippen LogP contribution in [0.15, 0.2) is 40.9 Å². The topological polar surface area (TPSA) is 20.2 Å². The van der Waals surface area contributed by atoms with E-state index < -0.39 is 6.10 Å². The lowest BCUT2D eigenvalue weighted by atomic mass is 9.98. The molecule has 1 unspecified atom stereocenters. The van der Waals surface area contributed by atoms with Crippen LogP contribution in [-0.2, 0) is 6.42 Å². The first-order valence-electron chi connectivity index (χ1n) is 6.16. The van der Waals surface area contributed by atoms with Gasteiger partial charge in [-0.1, -0.05) is 45.7 Å². The highest BCUT2D eigenvalue weighted by atomic mass is 79.9. The Morgan fingerprint density at radius 2 is 1.68 bits per heavy atom. The van der Waals surface area contributed by atoms with E-state index >= 15 is 0 Å². The smallest absolute Gasteiger partial charge is 0.0844 e. The monoisotopic (exact) mass is 338 g/mol. The van der Waals surface area contributed by atoms with Gasteiger partial charge >= 0.3 is 0 Å². The molecule has 0 bridgehead atoms. The Hall–Kier alpha value is -0.830. The van der Waals surface area contributed by atoms with Gasteiger partial charge in [0.15, 0.2) is 0 Å². The van der Waals surface area contributed by atoms with Crippen LogP contribution in [-0.4, -0.2) is 5.11 Å². The van der Waals surface area contributed by atoms with E-state index in [0.29, 0.717) is 11.4 Å². The number of aryl methyl sites for hydroxylation is 2. The second kappa shape index (κ2) is 6.08. The molecule has 0 fully saturated rings. The summed E-state index contributed by atoms with van der Waals surface area (Å²) < 4.78 is 1.04. The Balaban J connectivity index is 2.22. The fourth-order valence-electron chi connectivity index (χ4n) is 2.01. The van der Waals surface area contributed by atoms with Crippen LogP contribution in [0.25, 0.3) is 0 Å². The van der Waals surface area contributed by atoms with Crippen molar-refractivity contribution in [1.82, 2.24) is 0 Å². The minimum absolute atomic E-state index is 0.565. The zero-order valence-corrected chi connectivity index (χ0v) is 13.3. The van der Waals surface area contributed by atoms with Crippen LogP contribution in [0.1, 0.15) is 28.4 Å². The van der Waals surface area contributed by atoms with Gasteiger partial charge in [0.2, 0.25) is 0 Å². The van der Waals surface area contributed by atoms with Gasteiger partial charge in [-0.25, -0.2) is 0 Å². The lowest BCUT2D eigenvalue weighted by molar-refractivity contribution is 0.178. The van der Waals surface area contributed by atoms with Crippen molar-refractivity contribution in [2.24, 2.45) is 0 Å². The summed E-state index contributed by atoms with van der Waals surface area (Å²) in [6.45, 7) is 4.05. The van der Waals surface area contributed by atoms with E-state index in [2.05, 4.69) is 15.9 Å². The highest BCUT2D eigenvalue weighted by molar-refractivity contribution is 9.10. The molecule has 1 nitrogen and oxygen atoms in total. The van der Waals surface area contributed by atoms with Gasteiger partial charge in [0.05, 0.1) is 6.10 Å². The molecule has 0 saturated heterocycles. The van der Waals surface area contributed by atoms with E-state index in [-0.39, 0.29) is 0 Å². The van der Waals surface area contributed by atoms with Crippen molar-refractivity contribution in [3.05, 3.63) is 68.1 Å². The molecule has 0 amide bonds. The van der Waals surface area contributed by atoms with E-state index in [9.17, 15) is 5.11 Å². The molecule has 0 radical (unpaired) electrons. The van der Waals surface area contributed by atoms with Gasteiger partial charge in [0.25, 0.3) is 0 Å². The normalized spacial score (nSPS) is 12.5. The zero-order valence-electron chi connectivity index (χ0n) is 11.0. The Kier molecular flexibility index (Phi) is 4.67. The first-order valence-corrected chi connectivity index (χ1v) is 7.33. The summed E-state index contributed by atoms with van der Waals surface area (Å²) in [6, 6.07) is 11.8. The van der Waals surface area contributed by atoms with Crippen LogP contribution in [0, 0.1) is 13.8 Å². The fourth-order valence-corrected chi connectivity index (χ4v) is 2.62. The molecule has 1 atom stereocenters.